The molecule has 0 heterocycles. The Balaban J connectivity index is 4.68. The van der Waals surface area contributed by atoms with Gasteiger partial charge in [-0.15, -0.1) is 0 Å². The molecule has 0 fully saturated rings. The van der Waals surface area contributed by atoms with Crippen LogP contribution in [0.15, 0.2) is 0 Å². The molecular formula is C10H26N2O3Si. The summed E-state index contributed by atoms with van der Waals surface area (Å²) in [6.45, 7) is 11.5. The zero-order valence-corrected chi connectivity index (χ0v) is 12.1. The van der Waals surface area contributed by atoms with Crippen LogP contribution in [0.5, 0.6) is 0 Å². The lowest BCUT2D eigenvalue weighted by Crippen LogP contribution is -2.63. The third kappa shape index (κ3) is 4.90. The maximum Gasteiger partial charge on any atom is 0.518 e. The van der Waals surface area contributed by atoms with Crippen LogP contribution in [-0.2, 0) is 13.3 Å². The molecule has 0 radical (unpaired) electrons. The minimum absolute atomic E-state index is 0.00708. The average Bonchev–Trinajstić information content (AvgIpc) is 2.17. The molecule has 0 aromatic rings. The number of nitrogens with one attached hydrogen (secondary N) is 1. The Labute approximate surface area is 100 Å². The van der Waals surface area contributed by atoms with Gasteiger partial charge in [-0.3, -0.25) is 5.32 Å². The highest BCUT2D eigenvalue weighted by atomic mass is 28.4. The van der Waals surface area contributed by atoms with E-state index in [1.165, 1.54) is 0 Å². The van der Waals surface area contributed by atoms with Crippen LogP contribution in [0.25, 0.3) is 0 Å². The van der Waals surface area contributed by atoms with E-state index in [-0.39, 0.29) is 11.8 Å². The summed E-state index contributed by atoms with van der Waals surface area (Å²) in [7, 11) is -2.65. The van der Waals surface area contributed by atoms with Crippen LogP contribution < -0.4 is 11.1 Å². The standard InChI is InChI=1S/C10H26N2O3Si/c1-6-13-16(14-7-2,15-8-3)10(5)12-9(4)11/h9-10,12H,6-8,11H2,1-5H3. The Hall–Kier alpha value is 0.0169. The molecule has 0 aliphatic rings. The average molecular weight is 250 g/mol. The smallest absolute Gasteiger partial charge is 0.373 e. The van der Waals surface area contributed by atoms with Gasteiger partial charge in [-0.05, 0) is 34.6 Å². The second kappa shape index (κ2) is 8.16. The molecule has 0 amide bonds. The van der Waals surface area contributed by atoms with E-state index in [0.29, 0.717) is 19.8 Å². The third-order valence-corrected chi connectivity index (χ3v) is 5.38. The first kappa shape index (κ1) is 16.0. The highest BCUT2D eigenvalue weighted by molar-refractivity contribution is 6.62. The molecule has 0 bridgehead atoms. The molecule has 0 aromatic heterocycles. The van der Waals surface area contributed by atoms with Crippen molar-refractivity contribution in [2.45, 2.75) is 46.4 Å². The molecule has 0 rings (SSSR count). The first-order valence-corrected chi connectivity index (χ1v) is 7.76. The van der Waals surface area contributed by atoms with E-state index in [4.69, 9.17) is 19.0 Å². The molecule has 0 saturated heterocycles. The second-order valence-electron chi connectivity index (χ2n) is 3.58. The molecule has 0 aliphatic carbocycles. The number of hydrogen-bond donors (Lipinski definition) is 2. The van der Waals surface area contributed by atoms with Crippen LogP contribution in [0.4, 0.5) is 0 Å². The molecule has 0 saturated carbocycles. The zero-order chi connectivity index (χ0) is 12.6. The topological polar surface area (TPSA) is 65.7 Å². The van der Waals surface area contributed by atoms with Crippen LogP contribution in [0, 0.1) is 0 Å². The molecule has 98 valence electrons. The molecule has 2 atom stereocenters. The van der Waals surface area contributed by atoms with Gasteiger partial charge < -0.3 is 19.0 Å². The fraction of sp³-hybridized carbons (Fsp3) is 1.00. The first-order valence-electron chi connectivity index (χ1n) is 5.95. The van der Waals surface area contributed by atoms with Crippen LogP contribution in [0.2, 0.25) is 0 Å². The molecule has 6 heteroatoms. The summed E-state index contributed by atoms with van der Waals surface area (Å²) in [5.74, 6) is 0. The van der Waals surface area contributed by atoms with E-state index in [9.17, 15) is 0 Å². The number of rotatable bonds is 9. The van der Waals surface area contributed by atoms with Crippen LogP contribution >= 0.6 is 0 Å². The normalized spacial score (nSPS) is 16.1. The maximum absolute atomic E-state index is 5.75. The Morgan fingerprint density at radius 2 is 1.38 bits per heavy atom. The molecule has 5 nitrogen and oxygen atoms in total. The summed E-state index contributed by atoms with van der Waals surface area (Å²) < 4.78 is 17.2. The summed E-state index contributed by atoms with van der Waals surface area (Å²) in [6.07, 6.45) is -0.108. The monoisotopic (exact) mass is 250 g/mol. The molecule has 0 aliphatic heterocycles. The van der Waals surface area contributed by atoms with Crippen molar-refractivity contribution >= 4 is 8.80 Å². The van der Waals surface area contributed by atoms with Crippen molar-refractivity contribution in [3.63, 3.8) is 0 Å². The van der Waals surface area contributed by atoms with Crippen molar-refractivity contribution in [2.24, 2.45) is 5.73 Å². The van der Waals surface area contributed by atoms with E-state index in [0.717, 1.165) is 0 Å². The van der Waals surface area contributed by atoms with Gasteiger partial charge in [-0.2, -0.15) is 0 Å². The van der Waals surface area contributed by atoms with E-state index < -0.39 is 8.80 Å². The van der Waals surface area contributed by atoms with Gasteiger partial charge in [-0.25, -0.2) is 0 Å². The molecule has 16 heavy (non-hydrogen) atoms. The van der Waals surface area contributed by atoms with E-state index in [1.807, 2.05) is 34.6 Å². The molecule has 0 aromatic carbocycles. The number of hydrogen-bond acceptors (Lipinski definition) is 5. The Kier molecular flexibility index (Phi) is 8.17. The van der Waals surface area contributed by atoms with Crippen molar-refractivity contribution in [1.82, 2.24) is 5.32 Å². The predicted octanol–water partition coefficient (Wildman–Crippen LogP) is 0.857. The Morgan fingerprint density at radius 1 is 1.00 bits per heavy atom. The van der Waals surface area contributed by atoms with Crippen molar-refractivity contribution in [1.29, 1.82) is 0 Å². The van der Waals surface area contributed by atoms with Gasteiger partial charge >= 0.3 is 8.80 Å². The molecule has 2 unspecified atom stereocenters. The van der Waals surface area contributed by atoms with Crippen molar-refractivity contribution < 1.29 is 13.3 Å². The van der Waals surface area contributed by atoms with Gasteiger partial charge in [0.25, 0.3) is 0 Å². The highest BCUT2D eigenvalue weighted by Gasteiger charge is 2.47. The zero-order valence-electron chi connectivity index (χ0n) is 11.1. The number of nitrogens with two attached hydrogens (primary N) is 1. The SMILES string of the molecule is CCO[Si](OCC)(OCC)C(C)NC(C)N. The largest absolute Gasteiger partial charge is 0.518 e. The highest BCUT2D eigenvalue weighted by Crippen LogP contribution is 2.15. The Bertz CT molecular complexity index is 164. The second-order valence-corrected chi connectivity index (χ2v) is 6.52. The van der Waals surface area contributed by atoms with Gasteiger partial charge in [0.05, 0.1) is 11.8 Å². The minimum Gasteiger partial charge on any atom is -0.373 e. The molecular weight excluding hydrogens is 224 g/mol. The van der Waals surface area contributed by atoms with Gasteiger partial charge in [-0.1, -0.05) is 0 Å². The summed E-state index contributed by atoms with van der Waals surface area (Å²) in [4.78, 5) is 0. The van der Waals surface area contributed by atoms with Crippen molar-refractivity contribution in [3.8, 4) is 0 Å². The first-order chi connectivity index (χ1) is 7.52. The van der Waals surface area contributed by atoms with Gasteiger partial charge in [0.1, 0.15) is 0 Å². The van der Waals surface area contributed by atoms with Crippen LogP contribution in [0.1, 0.15) is 34.6 Å². The summed E-state index contributed by atoms with van der Waals surface area (Å²) in [6, 6.07) is 0. The summed E-state index contributed by atoms with van der Waals surface area (Å²) in [5.41, 5.74) is 5.72. The Morgan fingerprint density at radius 3 is 1.62 bits per heavy atom. The van der Waals surface area contributed by atoms with Gasteiger partial charge in [0.2, 0.25) is 0 Å². The van der Waals surface area contributed by atoms with Crippen molar-refractivity contribution in [2.75, 3.05) is 19.8 Å². The minimum atomic E-state index is -2.65. The lowest BCUT2D eigenvalue weighted by molar-refractivity contribution is 0.0587. The predicted molar refractivity (Wildman–Crippen MR) is 66.9 cm³/mol. The molecule has 0 spiro atoms. The van der Waals surface area contributed by atoms with E-state index in [2.05, 4.69) is 5.32 Å². The quantitative estimate of drug-likeness (QED) is 0.469. The lowest BCUT2D eigenvalue weighted by Gasteiger charge is -2.34. The summed E-state index contributed by atoms with van der Waals surface area (Å²) in [5, 5.41) is 3.20. The third-order valence-electron chi connectivity index (χ3n) is 2.08. The van der Waals surface area contributed by atoms with Crippen LogP contribution in [-0.4, -0.2) is 40.5 Å². The van der Waals surface area contributed by atoms with Crippen LogP contribution in [0.3, 0.4) is 0 Å². The van der Waals surface area contributed by atoms with E-state index in [1.54, 1.807) is 0 Å². The van der Waals surface area contributed by atoms with Crippen molar-refractivity contribution in [3.05, 3.63) is 0 Å². The maximum atomic E-state index is 5.75. The summed E-state index contributed by atoms with van der Waals surface area (Å²) >= 11 is 0. The van der Waals surface area contributed by atoms with Gasteiger partial charge in [0, 0.05) is 19.8 Å². The lowest BCUT2D eigenvalue weighted by atomic mass is 10.6. The molecule has 3 N–H and O–H groups in total. The fourth-order valence-corrected chi connectivity index (χ4v) is 4.27. The fourth-order valence-electron chi connectivity index (χ4n) is 1.60. The van der Waals surface area contributed by atoms with E-state index >= 15 is 0 Å². The van der Waals surface area contributed by atoms with Gasteiger partial charge in [0.15, 0.2) is 0 Å².